The van der Waals surface area contributed by atoms with Crippen LogP contribution in [-0.2, 0) is 6.42 Å². The number of carbonyl (C=O) groups excluding carboxylic acids is 2. The van der Waals surface area contributed by atoms with Crippen LogP contribution < -0.4 is 11.1 Å². The zero-order chi connectivity index (χ0) is 16.1. The standard InChI is InChI=1S/C17H19N3O2/c1-3-12-4-6-13(7-5-12)11(2)20-17(22)14-8-9-15(16(18)21)19-10-14/h4-11H,3H2,1-2H3,(H2,18,21)(H,20,22). The largest absolute Gasteiger partial charge is 0.364 e. The molecule has 1 aromatic carbocycles. The molecule has 2 aromatic rings. The van der Waals surface area contributed by atoms with Crippen LogP contribution >= 0.6 is 0 Å². The van der Waals surface area contributed by atoms with E-state index in [0.717, 1.165) is 12.0 Å². The predicted octanol–water partition coefficient (Wildman–Crippen LogP) is 2.23. The molecule has 0 radical (unpaired) electrons. The summed E-state index contributed by atoms with van der Waals surface area (Å²) in [5.41, 5.74) is 7.94. The summed E-state index contributed by atoms with van der Waals surface area (Å²) < 4.78 is 0. The van der Waals surface area contributed by atoms with Gasteiger partial charge < -0.3 is 11.1 Å². The fourth-order valence-electron chi connectivity index (χ4n) is 2.08. The first kappa shape index (κ1) is 15.7. The first-order valence-corrected chi connectivity index (χ1v) is 7.16. The molecule has 0 aliphatic rings. The van der Waals surface area contributed by atoms with E-state index in [4.69, 9.17) is 5.73 Å². The lowest BCUT2D eigenvalue weighted by Gasteiger charge is -2.14. The molecule has 3 N–H and O–H groups in total. The van der Waals surface area contributed by atoms with Crippen LogP contribution in [0.1, 0.15) is 51.9 Å². The lowest BCUT2D eigenvalue weighted by Crippen LogP contribution is -2.27. The Labute approximate surface area is 129 Å². The van der Waals surface area contributed by atoms with E-state index in [1.165, 1.54) is 23.9 Å². The smallest absolute Gasteiger partial charge is 0.267 e. The van der Waals surface area contributed by atoms with Crippen molar-refractivity contribution in [2.75, 3.05) is 0 Å². The molecule has 114 valence electrons. The van der Waals surface area contributed by atoms with E-state index in [-0.39, 0.29) is 17.6 Å². The SMILES string of the molecule is CCc1ccc(C(C)NC(=O)c2ccc(C(N)=O)nc2)cc1. The molecule has 1 aromatic heterocycles. The normalized spacial score (nSPS) is 11.7. The van der Waals surface area contributed by atoms with Crippen molar-refractivity contribution in [3.05, 3.63) is 65.0 Å². The molecule has 5 heteroatoms. The first-order valence-electron chi connectivity index (χ1n) is 7.16. The summed E-state index contributed by atoms with van der Waals surface area (Å²) in [4.78, 5) is 27.0. The summed E-state index contributed by atoms with van der Waals surface area (Å²) in [5.74, 6) is -0.855. The van der Waals surface area contributed by atoms with E-state index in [1.54, 1.807) is 0 Å². The summed E-state index contributed by atoms with van der Waals surface area (Å²) in [7, 11) is 0. The van der Waals surface area contributed by atoms with Crippen molar-refractivity contribution in [2.24, 2.45) is 5.73 Å². The molecule has 0 aliphatic heterocycles. The minimum absolute atomic E-state index is 0.116. The van der Waals surface area contributed by atoms with Crippen molar-refractivity contribution in [3.63, 3.8) is 0 Å². The maximum Gasteiger partial charge on any atom is 0.267 e. The maximum atomic E-state index is 12.2. The zero-order valence-electron chi connectivity index (χ0n) is 12.7. The molecule has 5 nitrogen and oxygen atoms in total. The number of primary amides is 1. The molecule has 22 heavy (non-hydrogen) atoms. The Morgan fingerprint density at radius 2 is 1.86 bits per heavy atom. The summed E-state index contributed by atoms with van der Waals surface area (Å²) in [6.07, 6.45) is 2.33. The van der Waals surface area contributed by atoms with Crippen LogP contribution in [0.5, 0.6) is 0 Å². The van der Waals surface area contributed by atoms with Gasteiger partial charge in [0.1, 0.15) is 5.69 Å². The second-order valence-corrected chi connectivity index (χ2v) is 5.09. The van der Waals surface area contributed by atoms with Gasteiger partial charge in [-0.05, 0) is 36.6 Å². The molecule has 0 spiro atoms. The van der Waals surface area contributed by atoms with Crippen molar-refractivity contribution in [2.45, 2.75) is 26.3 Å². The second kappa shape index (κ2) is 6.85. The first-order chi connectivity index (χ1) is 10.5. The van der Waals surface area contributed by atoms with Crippen molar-refractivity contribution < 1.29 is 9.59 Å². The summed E-state index contributed by atoms with van der Waals surface area (Å²) in [5, 5.41) is 2.90. The number of nitrogens with zero attached hydrogens (tertiary/aromatic N) is 1. The minimum atomic E-state index is -0.614. The number of nitrogens with two attached hydrogens (primary N) is 1. The van der Waals surface area contributed by atoms with E-state index in [0.29, 0.717) is 5.56 Å². The summed E-state index contributed by atoms with van der Waals surface area (Å²) >= 11 is 0. The summed E-state index contributed by atoms with van der Waals surface area (Å²) in [6.45, 7) is 4.02. The molecule has 0 aliphatic carbocycles. The van der Waals surface area contributed by atoms with Crippen LogP contribution in [0.15, 0.2) is 42.6 Å². The molecule has 1 unspecified atom stereocenters. The highest BCUT2D eigenvalue weighted by molar-refractivity contribution is 5.95. The van der Waals surface area contributed by atoms with E-state index in [1.807, 2.05) is 19.1 Å². The van der Waals surface area contributed by atoms with Gasteiger partial charge in [0.2, 0.25) is 0 Å². The van der Waals surface area contributed by atoms with Gasteiger partial charge in [-0.1, -0.05) is 31.2 Å². The highest BCUT2D eigenvalue weighted by Gasteiger charge is 2.12. The highest BCUT2D eigenvalue weighted by atomic mass is 16.2. The lowest BCUT2D eigenvalue weighted by molar-refractivity contribution is 0.0936. The number of aromatic nitrogens is 1. The number of hydrogen-bond donors (Lipinski definition) is 2. The Kier molecular flexibility index (Phi) is 4.88. The van der Waals surface area contributed by atoms with Crippen molar-refractivity contribution >= 4 is 11.8 Å². The molecule has 1 atom stereocenters. The van der Waals surface area contributed by atoms with Gasteiger partial charge in [0, 0.05) is 6.20 Å². The van der Waals surface area contributed by atoms with Crippen LogP contribution in [0.4, 0.5) is 0 Å². The molecule has 0 bridgehead atoms. The van der Waals surface area contributed by atoms with Crippen LogP contribution in [0.25, 0.3) is 0 Å². The van der Waals surface area contributed by atoms with E-state index >= 15 is 0 Å². The maximum absolute atomic E-state index is 12.2. The van der Waals surface area contributed by atoms with Gasteiger partial charge in [0.05, 0.1) is 11.6 Å². The quantitative estimate of drug-likeness (QED) is 0.887. The number of aryl methyl sites for hydroxylation is 1. The van der Waals surface area contributed by atoms with Crippen molar-refractivity contribution in [1.29, 1.82) is 0 Å². The average Bonchev–Trinajstić information content (AvgIpc) is 2.54. The van der Waals surface area contributed by atoms with Gasteiger partial charge >= 0.3 is 0 Å². The second-order valence-electron chi connectivity index (χ2n) is 5.09. The molecular formula is C17H19N3O2. The third-order valence-electron chi connectivity index (χ3n) is 3.51. The topological polar surface area (TPSA) is 85.1 Å². The minimum Gasteiger partial charge on any atom is -0.364 e. The van der Waals surface area contributed by atoms with Gasteiger partial charge in [0.15, 0.2) is 0 Å². The molecule has 2 rings (SSSR count). The Hall–Kier alpha value is -2.69. The van der Waals surface area contributed by atoms with Gasteiger partial charge in [-0.3, -0.25) is 14.6 Å². The van der Waals surface area contributed by atoms with Crippen molar-refractivity contribution in [1.82, 2.24) is 10.3 Å². The number of hydrogen-bond acceptors (Lipinski definition) is 3. The van der Waals surface area contributed by atoms with Gasteiger partial charge in [-0.2, -0.15) is 0 Å². The van der Waals surface area contributed by atoms with Crippen LogP contribution in [-0.4, -0.2) is 16.8 Å². The molecular weight excluding hydrogens is 278 g/mol. The van der Waals surface area contributed by atoms with Crippen LogP contribution in [0.2, 0.25) is 0 Å². The van der Waals surface area contributed by atoms with E-state index in [2.05, 4.69) is 29.4 Å². The molecule has 0 saturated carbocycles. The molecule has 0 fully saturated rings. The number of pyridine rings is 1. The Balaban J connectivity index is 2.05. The summed E-state index contributed by atoms with van der Waals surface area (Å²) in [6, 6.07) is 11.0. The van der Waals surface area contributed by atoms with Crippen LogP contribution in [0, 0.1) is 0 Å². The molecule has 0 saturated heterocycles. The number of rotatable bonds is 5. The van der Waals surface area contributed by atoms with Crippen LogP contribution in [0.3, 0.4) is 0 Å². The van der Waals surface area contributed by atoms with E-state index in [9.17, 15) is 9.59 Å². The molecule has 1 heterocycles. The number of benzene rings is 1. The highest BCUT2D eigenvalue weighted by Crippen LogP contribution is 2.14. The fourth-order valence-corrected chi connectivity index (χ4v) is 2.08. The Bertz CT molecular complexity index is 663. The Morgan fingerprint density at radius 1 is 1.18 bits per heavy atom. The van der Waals surface area contributed by atoms with Gasteiger partial charge in [0.25, 0.3) is 11.8 Å². The van der Waals surface area contributed by atoms with E-state index < -0.39 is 5.91 Å². The van der Waals surface area contributed by atoms with Gasteiger partial charge in [-0.15, -0.1) is 0 Å². The number of carbonyl (C=O) groups is 2. The number of nitrogens with one attached hydrogen (secondary N) is 1. The Morgan fingerprint density at radius 3 is 2.36 bits per heavy atom. The lowest BCUT2D eigenvalue weighted by atomic mass is 10.0. The monoisotopic (exact) mass is 297 g/mol. The third-order valence-corrected chi connectivity index (χ3v) is 3.51. The molecule has 2 amide bonds. The van der Waals surface area contributed by atoms with Gasteiger partial charge in [-0.25, -0.2) is 0 Å². The van der Waals surface area contributed by atoms with Crippen molar-refractivity contribution in [3.8, 4) is 0 Å². The third kappa shape index (κ3) is 3.69. The fraction of sp³-hybridized carbons (Fsp3) is 0.235. The average molecular weight is 297 g/mol. The number of amides is 2. The zero-order valence-corrected chi connectivity index (χ0v) is 12.7. The predicted molar refractivity (Wildman–Crippen MR) is 84.5 cm³/mol.